The lowest BCUT2D eigenvalue weighted by Crippen LogP contribution is -2.34. The summed E-state index contributed by atoms with van der Waals surface area (Å²) >= 11 is 1.74. The van der Waals surface area contributed by atoms with Crippen LogP contribution in [0.1, 0.15) is 27.6 Å². The molecule has 0 saturated carbocycles. The largest absolute Gasteiger partial charge is 0.341 e. The molecule has 144 valence electrons. The van der Waals surface area contributed by atoms with E-state index in [1.165, 1.54) is 23.8 Å². The van der Waals surface area contributed by atoms with Crippen LogP contribution in [0, 0.1) is 0 Å². The van der Waals surface area contributed by atoms with Crippen LogP contribution in [0.5, 0.6) is 0 Å². The smallest absolute Gasteiger partial charge is 0.338 e. The highest BCUT2D eigenvalue weighted by molar-refractivity contribution is 7.99. The highest BCUT2D eigenvalue weighted by atomic mass is 32.2. The van der Waals surface area contributed by atoms with Gasteiger partial charge in [0.25, 0.3) is 5.91 Å². The van der Waals surface area contributed by atoms with Gasteiger partial charge in [0.2, 0.25) is 9.84 Å². The molecule has 1 aliphatic rings. The van der Waals surface area contributed by atoms with Crippen molar-refractivity contribution in [1.82, 2.24) is 4.90 Å². The van der Waals surface area contributed by atoms with Crippen molar-refractivity contribution < 1.29 is 22.0 Å². The van der Waals surface area contributed by atoms with E-state index in [2.05, 4.69) is 0 Å². The molecule has 2 aromatic carbocycles. The first-order valence-corrected chi connectivity index (χ1v) is 11.1. The van der Waals surface area contributed by atoms with Crippen molar-refractivity contribution in [3.05, 3.63) is 65.7 Å². The van der Waals surface area contributed by atoms with Gasteiger partial charge in [0.15, 0.2) is 0 Å². The Kier molecular flexibility index (Phi) is 6.16. The molecule has 0 aliphatic carbocycles. The highest BCUT2D eigenvalue weighted by Crippen LogP contribution is 2.34. The van der Waals surface area contributed by atoms with Gasteiger partial charge in [0.05, 0.1) is 10.5 Å². The van der Waals surface area contributed by atoms with E-state index in [4.69, 9.17) is 0 Å². The van der Waals surface area contributed by atoms with Gasteiger partial charge in [-0.05, 0) is 24.1 Å². The molecule has 8 heteroatoms. The monoisotopic (exact) mass is 411 g/mol. The van der Waals surface area contributed by atoms with Crippen molar-refractivity contribution in [3.63, 3.8) is 0 Å². The average Bonchev–Trinajstić information content (AvgIpc) is 2.94. The number of hydrogen-bond acceptors (Lipinski definition) is 4. The Bertz CT molecular complexity index is 904. The van der Waals surface area contributed by atoms with Crippen LogP contribution in [0.15, 0.2) is 59.5 Å². The summed E-state index contributed by atoms with van der Waals surface area (Å²) in [5.74, 6) is -3.40. The molecule has 1 heterocycles. The number of amides is 1. The van der Waals surface area contributed by atoms with E-state index >= 15 is 0 Å². The fraction of sp³-hybridized carbons (Fsp3) is 0.316. The number of sulfone groups is 1. The molecular formula is C19H19F2NO3S2. The number of carbonyl (C=O) groups excluding carboxylic acids is 1. The van der Waals surface area contributed by atoms with Gasteiger partial charge in [0, 0.05) is 24.1 Å². The molecule has 0 aromatic heterocycles. The predicted molar refractivity (Wildman–Crippen MR) is 102 cm³/mol. The molecule has 0 bridgehead atoms. The lowest BCUT2D eigenvalue weighted by molar-refractivity contribution is 0.0762. The number of carbonyl (C=O) groups is 1. The Morgan fingerprint density at radius 3 is 2.41 bits per heavy atom. The van der Waals surface area contributed by atoms with Crippen LogP contribution < -0.4 is 0 Å². The van der Waals surface area contributed by atoms with Gasteiger partial charge >= 0.3 is 5.76 Å². The number of halogens is 2. The third-order valence-corrected chi connectivity index (χ3v) is 7.23. The van der Waals surface area contributed by atoms with E-state index in [9.17, 15) is 22.0 Å². The molecule has 1 atom stereocenters. The minimum Gasteiger partial charge on any atom is -0.338 e. The summed E-state index contributed by atoms with van der Waals surface area (Å²) < 4.78 is 49.8. The average molecular weight is 411 g/mol. The Morgan fingerprint density at radius 2 is 1.70 bits per heavy atom. The highest BCUT2D eigenvalue weighted by Gasteiger charge is 2.32. The third kappa shape index (κ3) is 4.32. The molecule has 1 fully saturated rings. The molecule has 3 rings (SSSR count). The maximum absolute atomic E-state index is 13.0. The van der Waals surface area contributed by atoms with Gasteiger partial charge in [-0.2, -0.15) is 20.5 Å². The number of nitrogens with zero attached hydrogens (tertiary/aromatic N) is 1. The first-order chi connectivity index (χ1) is 12.9. The second-order valence-corrected chi connectivity index (χ2v) is 9.35. The standard InChI is InChI=1S/C19H19F2NO3S2/c20-19(21)27(24,25)17-9-5-4-8-15(17)18(23)22-11-10-16(26-13-12-22)14-6-2-1-3-7-14/h1-9,16,19H,10-13H2. The maximum atomic E-state index is 13.0. The van der Waals surface area contributed by atoms with Crippen LogP contribution in [0.3, 0.4) is 0 Å². The van der Waals surface area contributed by atoms with Crippen LogP contribution in [-0.4, -0.2) is 43.8 Å². The van der Waals surface area contributed by atoms with Crippen molar-refractivity contribution in [2.24, 2.45) is 0 Å². The number of rotatable bonds is 4. The number of alkyl halides is 2. The van der Waals surface area contributed by atoms with Crippen molar-refractivity contribution in [2.75, 3.05) is 18.8 Å². The number of hydrogen-bond donors (Lipinski definition) is 0. The molecule has 0 spiro atoms. The summed E-state index contributed by atoms with van der Waals surface area (Å²) in [7, 11) is -4.84. The zero-order valence-corrected chi connectivity index (χ0v) is 16.1. The first kappa shape index (κ1) is 19.8. The summed E-state index contributed by atoms with van der Waals surface area (Å²) in [4.78, 5) is 13.8. The fourth-order valence-electron chi connectivity index (χ4n) is 3.06. The van der Waals surface area contributed by atoms with Gasteiger partial charge in [0.1, 0.15) is 0 Å². The quantitative estimate of drug-likeness (QED) is 0.763. The van der Waals surface area contributed by atoms with Crippen LogP contribution in [-0.2, 0) is 9.84 Å². The molecule has 1 amide bonds. The molecule has 1 saturated heterocycles. The minimum absolute atomic E-state index is 0.194. The van der Waals surface area contributed by atoms with Gasteiger partial charge in [-0.15, -0.1) is 0 Å². The van der Waals surface area contributed by atoms with Crippen molar-refractivity contribution in [2.45, 2.75) is 22.3 Å². The van der Waals surface area contributed by atoms with E-state index in [0.29, 0.717) is 25.3 Å². The van der Waals surface area contributed by atoms with Gasteiger partial charge in [-0.3, -0.25) is 4.79 Å². The normalized spacial score (nSPS) is 18.3. The van der Waals surface area contributed by atoms with Crippen molar-refractivity contribution in [3.8, 4) is 0 Å². The summed E-state index contributed by atoms with van der Waals surface area (Å²) in [6.45, 7) is 0.879. The second-order valence-electron chi connectivity index (χ2n) is 6.15. The summed E-state index contributed by atoms with van der Waals surface area (Å²) in [6, 6.07) is 15.1. The maximum Gasteiger partial charge on any atom is 0.341 e. The fourth-order valence-corrected chi connectivity index (χ4v) is 5.22. The summed E-state index contributed by atoms with van der Waals surface area (Å²) in [5.41, 5.74) is 0.985. The Labute approximate surface area is 161 Å². The van der Waals surface area contributed by atoms with Crippen LogP contribution in [0.2, 0.25) is 0 Å². The first-order valence-electron chi connectivity index (χ1n) is 8.48. The van der Waals surface area contributed by atoms with Crippen molar-refractivity contribution in [1.29, 1.82) is 0 Å². The molecule has 0 radical (unpaired) electrons. The summed E-state index contributed by atoms with van der Waals surface area (Å²) in [6.07, 6.45) is 0.712. The van der Waals surface area contributed by atoms with E-state index in [0.717, 1.165) is 6.07 Å². The Balaban J connectivity index is 1.81. The minimum atomic E-state index is -4.84. The lowest BCUT2D eigenvalue weighted by Gasteiger charge is -2.21. The lowest BCUT2D eigenvalue weighted by atomic mass is 10.1. The molecule has 27 heavy (non-hydrogen) atoms. The van der Waals surface area contributed by atoms with Crippen LogP contribution in [0.25, 0.3) is 0 Å². The number of thioether (sulfide) groups is 1. The SMILES string of the molecule is O=C(c1ccccc1S(=O)(=O)C(F)F)N1CCSC(c2ccccc2)CC1. The van der Waals surface area contributed by atoms with E-state index < -0.39 is 26.4 Å². The molecule has 4 nitrogen and oxygen atoms in total. The molecule has 1 aliphatic heterocycles. The second kappa shape index (κ2) is 8.39. The van der Waals surface area contributed by atoms with E-state index in [1.807, 2.05) is 30.3 Å². The summed E-state index contributed by atoms with van der Waals surface area (Å²) in [5, 5.41) is 0.240. The Hall–Kier alpha value is -1.93. The van der Waals surface area contributed by atoms with Gasteiger partial charge < -0.3 is 4.90 Å². The zero-order valence-electron chi connectivity index (χ0n) is 14.4. The van der Waals surface area contributed by atoms with Crippen molar-refractivity contribution >= 4 is 27.5 Å². The molecule has 2 aromatic rings. The third-order valence-electron chi connectivity index (χ3n) is 4.46. The van der Waals surface area contributed by atoms with Crippen LogP contribution >= 0.6 is 11.8 Å². The number of benzene rings is 2. The Morgan fingerprint density at radius 1 is 1.04 bits per heavy atom. The van der Waals surface area contributed by atoms with Gasteiger partial charge in [-0.1, -0.05) is 42.5 Å². The topological polar surface area (TPSA) is 54.5 Å². The van der Waals surface area contributed by atoms with E-state index in [1.54, 1.807) is 16.7 Å². The van der Waals surface area contributed by atoms with Crippen LogP contribution in [0.4, 0.5) is 8.78 Å². The predicted octanol–water partition coefficient (Wildman–Crippen LogP) is 4.00. The molecular weight excluding hydrogens is 392 g/mol. The van der Waals surface area contributed by atoms with Gasteiger partial charge in [-0.25, -0.2) is 8.42 Å². The molecule has 1 unspecified atom stereocenters. The molecule has 0 N–H and O–H groups in total. The zero-order chi connectivity index (χ0) is 19.4. The van der Waals surface area contributed by atoms with E-state index in [-0.39, 0.29) is 10.8 Å².